The molecule has 186 valence electrons. The third-order valence-corrected chi connectivity index (χ3v) is 7.88. The van der Waals surface area contributed by atoms with Crippen LogP contribution in [0.3, 0.4) is 0 Å². The molecule has 0 bridgehead atoms. The smallest absolute Gasteiger partial charge is 0.248 e. The molecular weight excluding hydrogens is 478 g/mol. The summed E-state index contributed by atoms with van der Waals surface area (Å²) in [5.41, 5.74) is 1.46. The molecule has 1 heterocycles. The Bertz CT molecular complexity index is 1400. The summed E-state index contributed by atoms with van der Waals surface area (Å²) in [4.78, 5) is 23.1. The number of aliphatic hydroxyl groups is 1. The Labute approximate surface area is 201 Å². The minimum atomic E-state index is -3.35. The standard InChI is InChI=1S/C25H26F2N2O5S/c1-2-14-3-4-16-12-35(33,34)13-22(19(16)7-14)28-11-24(31)20(29-21-10-23(30)25(21)32)8-15-5-17(26)9-18(27)6-15/h3-7,9-10,20,22,24,28-29,31H,2,8,11-13H2,1H3. The monoisotopic (exact) mass is 504 g/mol. The molecule has 3 N–H and O–H groups in total. The van der Waals surface area contributed by atoms with Gasteiger partial charge in [0.05, 0.1) is 29.3 Å². The van der Waals surface area contributed by atoms with Crippen molar-refractivity contribution in [1.82, 2.24) is 5.32 Å². The first-order valence-corrected chi connectivity index (χ1v) is 13.1. The number of nitrogens with one attached hydrogen (secondary N) is 2. The number of fused-ring (bicyclic) bond motifs is 1. The number of hydrogen-bond donors (Lipinski definition) is 3. The Morgan fingerprint density at radius 2 is 1.77 bits per heavy atom. The number of sulfone groups is 1. The van der Waals surface area contributed by atoms with Crippen LogP contribution in [0.15, 0.2) is 52.1 Å². The van der Waals surface area contributed by atoms with Crippen molar-refractivity contribution in [2.45, 2.75) is 43.7 Å². The Morgan fingerprint density at radius 3 is 2.40 bits per heavy atom. The number of hydrogen-bond acceptors (Lipinski definition) is 7. The van der Waals surface area contributed by atoms with Crippen LogP contribution in [0.5, 0.6) is 0 Å². The normalized spacial score (nSPS) is 18.7. The molecule has 1 aliphatic rings. The Morgan fingerprint density at radius 1 is 1.06 bits per heavy atom. The maximum atomic E-state index is 13.7. The fourth-order valence-electron chi connectivity index (χ4n) is 4.42. The van der Waals surface area contributed by atoms with Crippen LogP contribution in [-0.4, -0.2) is 38.0 Å². The highest BCUT2D eigenvalue weighted by molar-refractivity contribution is 7.90. The Balaban J connectivity index is 1.54. The lowest BCUT2D eigenvalue weighted by atomic mass is 9.96. The minimum Gasteiger partial charge on any atom is -0.390 e. The van der Waals surface area contributed by atoms with Gasteiger partial charge in [0, 0.05) is 24.7 Å². The number of benzene rings is 2. The summed E-state index contributed by atoms with van der Waals surface area (Å²) < 4.78 is 52.3. The van der Waals surface area contributed by atoms with Gasteiger partial charge in [0.2, 0.25) is 10.9 Å². The van der Waals surface area contributed by atoms with Crippen LogP contribution in [0.1, 0.15) is 35.2 Å². The van der Waals surface area contributed by atoms with Crippen LogP contribution in [0.2, 0.25) is 0 Å². The van der Waals surface area contributed by atoms with E-state index >= 15 is 0 Å². The Hall–Kier alpha value is -2.95. The SMILES string of the molecule is CCc1ccc2c(c1)C(NCC(O)C(Cc1cc(F)cc(F)c1)Nc1cc(=O)c1=O)CS(=O)(=O)C2. The summed E-state index contributed by atoms with van der Waals surface area (Å²) in [5, 5.41) is 16.9. The van der Waals surface area contributed by atoms with Crippen LogP contribution < -0.4 is 21.5 Å². The van der Waals surface area contributed by atoms with Crippen molar-refractivity contribution >= 4 is 15.5 Å². The van der Waals surface area contributed by atoms with Gasteiger partial charge < -0.3 is 15.7 Å². The van der Waals surface area contributed by atoms with Gasteiger partial charge in [0.25, 0.3) is 0 Å². The molecule has 4 rings (SSSR count). The van der Waals surface area contributed by atoms with Crippen molar-refractivity contribution in [3.05, 3.63) is 96.8 Å². The largest absolute Gasteiger partial charge is 0.390 e. The van der Waals surface area contributed by atoms with Gasteiger partial charge in [-0.1, -0.05) is 25.1 Å². The zero-order valence-corrected chi connectivity index (χ0v) is 19.9. The highest BCUT2D eigenvalue weighted by atomic mass is 32.2. The molecule has 10 heteroatoms. The van der Waals surface area contributed by atoms with E-state index in [1.165, 1.54) is 0 Å². The summed E-state index contributed by atoms with van der Waals surface area (Å²) in [6.45, 7) is 1.93. The van der Waals surface area contributed by atoms with Crippen LogP contribution in [0.4, 0.5) is 14.5 Å². The molecule has 1 aliphatic heterocycles. The van der Waals surface area contributed by atoms with E-state index in [0.717, 1.165) is 41.8 Å². The van der Waals surface area contributed by atoms with E-state index in [-0.39, 0.29) is 35.7 Å². The van der Waals surface area contributed by atoms with E-state index in [1.54, 1.807) is 0 Å². The number of halogens is 2. The second-order valence-corrected chi connectivity index (χ2v) is 11.1. The number of rotatable bonds is 9. The van der Waals surface area contributed by atoms with Gasteiger partial charge in [-0.05, 0) is 47.2 Å². The maximum absolute atomic E-state index is 13.7. The molecule has 0 aromatic heterocycles. The van der Waals surface area contributed by atoms with E-state index in [2.05, 4.69) is 10.6 Å². The van der Waals surface area contributed by atoms with Gasteiger partial charge in [-0.15, -0.1) is 0 Å². The maximum Gasteiger partial charge on any atom is 0.248 e. The van der Waals surface area contributed by atoms with E-state index in [0.29, 0.717) is 5.56 Å². The van der Waals surface area contributed by atoms with Crippen molar-refractivity contribution in [3.8, 4) is 0 Å². The molecule has 0 saturated heterocycles. The summed E-state index contributed by atoms with van der Waals surface area (Å²) >= 11 is 0. The predicted octanol–water partition coefficient (Wildman–Crippen LogP) is 1.77. The minimum absolute atomic E-state index is 0.00843. The van der Waals surface area contributed by atoms with Crippen molar-refractivity contribution < 1.29 is 22.3 Å². The first-order chi connectivity index (χ1) is 16.5. The first-order valence-electron chi connectivity index (χ1n) is 11.3. The molecule has 3 aromatic carbocycles. The van der Waals surface area contributed by atoms with Crippen LogP contribution in [-0.2, 0) is 28.4 Å². The number of aryl methyl sites for hydroxylation is 1. The quantitative estimate of drug-likeness (QED) is 0.381. The lowest BCUT2D eigenvalue weighted by Gasteiger charge is -2.30. The fourth-order valence-corrected chi connectivity index (χ4v) is 6.08. The zero-order chi connectivity index (χ0) is 25.3. The van der Waals surface area contributed by atoms with Crippen molar-refractivity contribution in [3.63, 3.8) is 0 Å². The first kappa shape index (κ1) is 25.2. The van der Waals surface area contributed by atoms with Gasteiger partial charge >= 0.3 is 0 Å². The molecule has 0 saturated carbocycles. The van der Waals surface area contributed by atoms with E-state index in [9.17, 15) is 31.9 Å². The highest BCUT2D eigenvalue weighted by Crippen LogP contribution is 2.29. The summed E-state index contributed by atoms with van der Waals surface area (Å²) in [6, 6.07) is 8.30. The molecule has 7 nitrogen and oxygen atoms in total. The lowest BCUT2D eigenvalue weighted by Crippen LogP contribution is -2.47. The molecule has 0 amide bonds. The van der Waals surface area contributed by atoms with Crippen LogP contribution in [0.25, 0.3) is 0 Å². The zero-order valence-electron chi connectivity index (χ0n) is 19.1. The van der Waals surface area contributed by atoms with Gasteiger partial charge in [0.15, 0.2) is 9.84 Å². The van der Waals surface area contributed by atoms with Crippen molar-refractivity contribution in [2.75, 3.05) is 17.6 Å². The van der Waals surface area contributed by atoms with E-state index in [4.69, 9.17) is 0 Å². The lowest BCUT2D eigenvalue weighted by molar-refractivity contribution is 0.145. The van der Waals surface area contributed by atoms with Crippen molar-refractivity contribution in [1.29, 1.82) is 0 Å². The second kappa shape index (κ2) is 9.96. The number of anilines is 1. The van der Waals surface area contributed by atoms with Gasteiger partial charge in [-0.25, -0.2) is 17.2 Å². The van der Waals surface area contributed by atoms with Gasteiger partial charge in [0.1, 0.15) is 11.6 Å². The molecule has 0 fully saturated rings. The highest BCUT2D eigenvalue weighted by Gasteiger charge is 2.31. The topological polar surface area (TPSA) is 113 Å². The molecular formula is C25H26F2N2O5S. The van der Waals surface area contributed by atoms with Gasteiger partial charge in [-0.3, -0.25) is 9.59 Å². The molecule has 3 unspecified atom stereocenters. The summed E-state index contributed by atoms with van der Waals surface area (Å²) in [6.07, 6.45) is -0.447. The third kappa shape index (κ3) is 5.83. The number of aliphatic hydroxyl groups excluding tert-OH is 1. The van der Waals surface area contributed by atoms with E-state index < -0.39 is 50.5 Å². The molecule has 0 aliphatic carbocycles. The van der Waals surface area contributed by atoms with Crippen LogP contribution in [0, 0.1) is 11.6 Å². The molecule has 0 radical (unpaired) electrons. The molecule has 3 aromatic rings. The summed E-state index contributed by atoms with van der Waals surface area (Å²) in [5.74, 6) is -1.75. The van der Waals surface area contributed by atoms with Gasteiger partial charge in [-0.2, -0.15) is 0 Å². The average molecular weight is 505 g/mol. The predicted molar refractivity (Wildman–Crippen MR) is 129 cm³/mol. The van der Waals surface area contributed by atoms with E-state index in [1.807, 2.05) is 25.1 Å². The van der Waals surface area contributed by atoms with Crippen LogP contribution >= 0.6 is 0 Å². The molecule has 0 spiro atoms. The second-order valence-electron chi connectivity index (χ2n) is 8.95. The molecule has 35 heavy (non-hydrogen) atoms. The molecule has 3 atom stereocenters. The summed E-state index contributed by atoms with van der Waals surface area (Å²) in [7, 11) is -3.35. The van der Waals surface area contributed by atoms with Crippen molar-refractivity contribution in [2.24, 2.45) is 0 Å². The Kier molecular flexibility index (Phi) is 7.16. The average Bonchev–Trinajstić information content (AvgIpc) is 2.79. The fraction of sp³-hybridized carbons (Fsp3) is 0.360. The third-order valence-electron chi connectivity index (χ3n) is 6.29.